The van der Waals surface area contributed by atoms with Gasteiger partial charge in [-0.1, -0.05) is 25.8 Å². The smallest absolute Gasteiger partial charge is 0.0132 e. The molecule has 0 unspecified atom stereocenters. The standard InChI is InChI=1S/C8H17N.FH/c1-3-5-6-8-9-7-4-2;/h4,9H,2-3,5-8H2,1H3;1H. The van der Waals surface area contributed by atoms with Gasteiger partial charge < -0.3 is 5.32 Å². The maximum atomic E-state index is 3.62. The van der Waals surface area contributed by atoms with Gasteiger partial charge in [0.2, 0.25) is 0 Å². The van der Waals surface area contributed by atoms with Crippen molar-refractivity contribution in [2.75, 3.05) is 13.1 Å². The van der Waals surface area contributed by atoms with Gasteiger partial charge in [-0.05, 0) is 13.0 Å². The summed E-state index contributed by atoms with van der Waals surface area (Å²) in [4.78, 5) is 0. The molecule has 10 heavy (non-hydrogen) atoms. The third-order valence-electron chi connectivity index (χ3n) is 1.25. The maximum Gasteiger partial charge on any atom is 0.0132 e. The van der Waals surface area contributed by atoms with Crippen molar-refractivity contribution >= 4 is 0 Å². The second kappa shape index (κ2) is 11.4. The summed E-state index contributed by atoms with van der Waals surface area (Å²) in [6.45, 7) is 7.92. The average Bonchev–Trinajstić information content (AvgIpc) is 1.89. The van der Waals surface area contributed by atoms with Crippen LogP contribution in [0.4, 0.5) is 4.70 Å². The summed E-state index contributed by atoms with van der Waals surface area (Å²) < 4.78 is 0. The zero-order valence-electron chi connectivity index (χ0n) is 6.73. The molecule has 1 N–H and O–H groups in total. The van der Waals surface area contributed by atoms with Gasteiger partial charge in [0, 0.05) is 6.54 Å². The molecule has 2 heteroatoms. The highest BCUT2D eigenvalue weighted by atomic mass is 19.0. The second-order valence-corrected chi connectivity index (χ2v) is 2.20. The zero-order chi connectivity index (χ0) is 6.95. The Morgan fingerprint density at radius 3 is 2.60 bits per heavy atom. The lowest BCUT2D eigenvalue weighted by atomic mass is 10.2. The van der Waals surface area contributed by atoms with Gasteiger partial charge in [0.25, 0.3) is 0 Å². The molecule has 0 atom stereocenters. The second-order valence-electron chi connectivity index (χ2n) is 2.20. The molecule has 0 aliphatic heterocycles. The molecular formula is C8H18FN. The molecule has 0 rings (SSSR count). The molecular weight excluding hydrogens is 129 g/mol. The lowest BCUT2D eigenvalue weighted by Gasteiger charge is -1.98. The minimum atomic E-state index is 0. The van der Waals surface area contributed by atoms with E-state index in [1.165, 1.54) is 19.3 Å². The highest BCUT2D eigenvalue weighted by Crippen LogP contribution is 1.90. The first kappa shape index (κ1) is 12.3. The number of rotatable bonds is 6. The van der Waals surface area contributed by atoms with E-state index in [-0.39, 0.29) is 4.70 Å². The van der Waals surface area contributed by atoms with Crippen LogP contribution in [0.25, 0.3) is 0 Å². The first-order valence-electron chi connectivity index (χ1n) is 3.73. The third kappa shape index (κ3) is 10.6. The fraction of sp³-hybridized carbons (Fsp3) is 0.750. The van der Waals surface area contributed by atoms with Gasteiger partial charge in [-0.25, -0.2) is 0 Å². The van der Waals surface area contributed by atoms with Gasteiger partial charge in [0.15, 0.2) is 0 Å². The van der Waals surface area contributed by atoms with Gasteiger partial charge in [-0.3, -0.25) is 4.70 Å². The first-order chi connectivity index (χ1) is 4.41. The fourth-order valence-corrected chi connectivity index (χ4v) is 0.704. The Morgan fingerprint density at radius 2 is 2.10 bits per heavy atom. The molecule has 0 spiro atoms. The van der Waals surface area contributed by atoms with E-state index in [0.29, 0.717) is 0 Å². The van der Waals surface area contributed by atoms with Crippen LogP contribution in [-0.2, 0) is 0 Å². The fourth-order valence-electron chi connectivity index (χ4n) is 0.704. The summed E-state index contributed by atoms with van der Waals surface area (Å²) in [5, 5.41) is 3.25. The lowest BCUT2D eigenvalue weighted by molar-refractivity contribution is 0.647. The van der Waals surface area contributed by atoms with Crippen LogP contribution in [-0.4, -0.2) is 13.1 Å². The molecule has 0 aliphatic carbocycles. The van der Waals surface area contributed by atoms with E-state index in [2.05, 4.69) is 18.8 Å². The molecule has 0 aromatic carbocycles. The lowest BCUT2D eigenvalue weighted by Crippen LogP contribution is -2.14. The number of nitrogens with one attached hydrogen (secondary N) is 1. The van der Waals surface area contributed by atoms with Crippen molar-refractivity contribution in [1.82, 2.24) is 5.32 Å². The van der Waals surface area contributed by atoms with Crippen LogP contribution in [0.5, 0.6) is 0 Å². The van der Waals surface area contributed by atoms with Gasteiger partial charge >= 0.3 is 0 Å². The zero-order valence-corrected chi connectivity index (χ0v) is 6.73. The molecule has 62 valence electrons. The van der Waals surface area contributed by atoms with E-state index in [1.807, 2.05) is 6.08 Å². The summed E-state index contributed by atoms with van der Waals surface area (Å²) in [5.41, 5.74) is 0. The Bertz CT molecular complexity index is 64.3. The van der Waals surface area contributed by atoms with E-state index in [4.69, 9.17) is 0 Å². The molecule has 0 saturated heterocycles. The number of halogens is 1. The third-order valence-corrected chi connectivity index (χ3v) is 1.25. The van der Waals surface area contributed by atoms with Crippen molar-refractivity contribution in [3.63, 3.8) is 0 Å². The molecule has 0 aromatic rings. The number of hydrogen-bond donors (Lipinski definition) is 1. The van der Waals surface area contributed by atoms with Crippen LogP contribution in [0, 0.1) is 0 Å². The molecule has 0 aromatic heterocycles. The van der Waals surface area contributed by atoms with Crippen molar-refractivity contribution in [1.29, 1.82) is 0 Å². The van der Waals surface area contributed by atoms with Crippen LogP contribution < -0.4 is 5.32 Å². The van der Waals surface area contributed by atoms with Gasteiger partial charge in [-0.15, -0.1) is 6.58 Å². The Balaban J connectivity index is 0. The molecule has 0 radical (unpaired) electrons. The Labute approximate surface area is 62.9 Å². The highest BCUT2D eigenvalue weighted by Gasteiger charge is 1.82. The molecule has 1 nitrogen and oxygen atoms in total. The molecule has 0 saturated carbocycles. The van der Waals surface area contributed by atoms with Crippen molar-refractivity contribution < 1.29 is 4.70 Å². The van der Waals surface area contributed by atoms with Gasteiger partial charge in [0.1, 0.15) is 0 Å². The summed E-state index contributed by atoms with van der Waals surface area (Å²) in [6, 6.07) is 0. The van der Waals surface area contributed by atoms with Crippen LogP contribution in [0.2, 0.25) is 0 Å². The maximum absolute atomic E-state index is 3.62. The van der Waals surface area contributed by atoms with Crippen LogP contribution in [0.3, 0.4) is 0 Å². The monoisotopic (exact) mass is 147 g/mol. The Kier molecular flexibility index (Phi) is 14.1. The SMILES string of the molecule is C=CCNCCCCC.F. The normalized spacial score (nSPS) is 8.50. The van der Waals surface area contributed by atoms with Crippen LogP contribution in [0.15, 0.2) is 12.7 Å². The van der Waals surface area contributed by atoms with Crippen LogP contribution in [0.1, 0.15) is 26.2 Å². The predicted molar refractivity (Wildman–Crippen MR) is 45.1 cm³/mol. The number of hydrogen-bond acceptors (Lipinski definition) is 1. The van der Waals surface area contributed by atoms with E-state index in [0.717, 1.165) is 13.1 Å². The predicted octanol–water partition coefficient (Wildman–Crippen LogP) is 2.10. The van der Waals surface area contributed by atoms with Crippen LogP contribution >= 0.6 is 0 Å². The molecule has 0 amide bonds. The van der Waals surface area contributed by atoms with Crippen molar-refractivity contribution in [2.45, 2.75) is 26.2 Å². The van der Waals surface area contributed by atoms with Crippen molar-refractivity contribution in [3.8, 4) is 0 Å². The molecule has 0 heterocycles. The van der Waals surface area contributed by atoms with E-state index >= 15 is 0 Å². The van der Waals surface area contributed by atoms with E-state index in [1.54, 1.807) is 0 Å². The van der Waals surface area contributed by atoms with Crippen molar-refractivity contribution in [3.05, 3.63) is 12.7 Å². The minimum absolute atomic E-state index is 0. The Hall–Kier alpha value is -0.370. The van der Waals surface area contributed by atoms with E-state index in [9.17, 15) is 0 Å². The summed E-state index contributed by atoms with van der Waals surface area (Å²) in [5.74, 6) is 0. The first-order valence-corrected chi connectivity index (χ1v) is 3.73. The molecule has 0 aliphatic rings. The quantitative estimate of drug-likeness (QED) is 0.448. The Morgan fingerprint density at radius 1 is 1.40 bits per heavy atom. The summed E-state index contributed by atoms with van der Waals surface area (Å²) in [6.07, 6.45) is 5.83. The number of unbranched alkanes of at least 4 members (excludes halogenated alkanes) is 2. The molecule has 0 fully saturated rings. The molecule has 0 bridgehead atoms. The summed E-state index contributed by atoms with van der Waals surface area (Å²) in [7, 11) is 0. The van der Waals surface area contributed by atoms with Gasteiger partial charge in [-0.2, -0.15) is 0 Å². The average molecular weight is 147 g/mol. The van der Waals surface area contributed by atoms with E-state index < -0.39 is 0 Å². The summed E-state index contributed by atoms with van der Waals surface area (Å²) >= 11 is 0. The highest BCUT2D eigenvalue weighted by molar-refractivity contribution is 4.68. The van der Waals surface area contributed by atoms with Crippen molar-refractivity contribution in [2.24, 2.45) is 0 Å². The largest absolute Gasteiger partial charge is 0.313 e. The minimum Gasteiger partial charge on any atom is -0.313 e. The topological polar surface area (TPSA) is 12.0 Å². The van der Waals surface area contributed by atoms with Gasteiger partial charge in [0.05, 0.1) is 0 Å².